The Kier molecular flexibility index (Phi) is 3.36. The lowest BCUT2D eigenvalue weighted by atomic mass is 10.2. The zero-order valence-corrected chi connectivity index (χ0v) is 9.71. The van der Waals surface area contributed by atoms with Gasteiger partial charge in [-0.15, -0.1) is 0 Å². The van der Waals surface area contributed by atoms with Gasteiger partial charge < -0.3 is 10.2 Å². The summed E-state index contributed by atoms with van der Waals surface area (Å²) in [5.74, 6) is 6.84. The number of ether oxygens (including phenoxy) is 1. The van der Waals surface area contributed by atoms with Crippen LogP contribution in [-0.4, -0.2) is 9.97 Å². The molecule has 0 saturated carbocycles. The maximum absolute atomic E-state index is 8.70. The standard InChI is InChI=1S/C12H11N5O/c1-8-11(17-14)15-7-16-12(8)18-10-4-2-9(6-13)3-5-10/h2-5,7H,14H2,1H3,(H,15,16,17). The van der Waals surface area contributed by atoms with Crippen molar-refractivity contribution in [3.05, 3.63) is 41.7 Å². The lowest BCUT2D eigenvalue weighted by Gasteiger charge is -2.09. The van der Waals surface area contributed by atoms with E-state index in [1.807, 2.05) is 6.07 Å². The second-order valence-electron chi connectivity index (χ2n) is 3.54. The fourth-order valence-electron chi connectivity index (χ4n) is 1.39. The third kappa shape index (κ3) is 2.36. The van der Waals surface area contributed by atoms with Crippen LogP contribution in [0.1, 0.15) is 11.1 Å². The summed E-state index contributed by atoms with van der Waals surface area (Å²) in [6.45, 7) is 1.80. The predicted molar refractivity (Wildman–Crippen MR) is 65.8 cm³/mol. The number of nitrogens with zero attached hydrogens (tertiary/aromatic N) is 3. The van der Waals surface area contributed by atoms with Crippen molar-refractivity contribution in [2.24, 2.45) is 5.84 Å². The molecule has 6 heteroatoms. The first kappa shape index (κ1) is 11.8. The highest BCUT2D eigenvalue weighted by atomic mass is 16.5. The maximum Gasteiger partial charge on any atom is 0.227 e. The molecule has 6 nitrogen and oxygen atoms in total. The fraction of sp³-hybridized carbons (Fsp3) is 0.0833. The Labute approximate surface area is 104 Å². The van der Waals surface area contributed by atoms with Gasteiger partial charge in [0.25, 0.3) is 0 Å². The molecule has 0 saturated heterocycles. The van der Waals surface area contributed by atoms with Crippen LogP contribution >= 0.6 is 0 Å². The number of nitrogen functional groups attached to an aromatic ring is 1. The van der Waals surface area contributed by atoms with E-state index in [0.29, 0.717) is 28.6 Å². The molecule has 0 aliphatic carbocycles. The van der Waals surface area contributed by atoms with Gasteiger partial charge in [0, 0.05) is 0 Å². The van der Waals surface area contributed by atoms with Crippen molar-refractivity contribution in [1.29, 1.82) is 5.26 Å². The normalized spacial score (nSPS) is 9.61. The van der Waals surface area contributed by atoms with E-state index in [2.05, 4.69) is 15.4 Å². The maximum atomic E-state index is 8.70. The molecule has 0 atom stereocenters. The van der Waals surface area contributed by atoms with Crippen LogP contribution in [0.4, 0.5) is 5.82 Å². The van der Waals surface area contributed by atoms with Gasteiger partial charge >= 0.3 is 0 Å². The molecule has 0 spiro atoms. The van der Waals surface area contributed by atoms with E-state index in [9.17, 15) is 0 Å². The van der Waals surface area contributed by atoms with Crippen LogP contribution in [0, 0.1) is 18.3 Å². The predicted octanol–water partition coefficient (Wildman–Crippen LogP) is 1.73. The molecule has 2 aromatic rings. The van der Waals surface area contributed by atoms with Gasteiger partial charge in [0.05, 0.1) is 17.2 Å². The van der Waals surface area contributed by atoms with Crippen LogP contribution in [0.2, 0.25) is 0 Å². The second kappa shape index (κ2) is 5.12. The summed E-state index contributed by atoms with van der Waals surface area (Å²) in [4.78, 5) is 7.99. The van der Waals surface area contributed by atoms with E-state index >= 15 is 0 Å². The molecule has 0 unspecified atom stereocenters. The van der Waals surface area contributed by atoms with E-state index in [4.69, 9.17) is 15.8 Å². The number of anilines is 1. The lowest BCUT2D eigenvalue weighted by Crippen LogP contribution is -2.10. The van der Waals surface area contributed by atoms with Gasteiger partial charge in [-0.05, 0) is 31.2 Å². The van der Waals surface area contributed by atoms with E-state index in [0.717, 1.165) is 0 Å². The van der Waals surface area contributed by atoms with Gasteiger partial charge in [-0.25, -0.2) is 15.8 Å². The van der Waals surface area contributed by atoms with Crippen LogP contribution in [0.15, 0.2) is 30.6 Å². The average Bonchev–Trinajstić information content (AvgIpc) is 2.42. The van der Waals surface area contributed by atoms with Gasteiger partial charge in [0.1, 0.15) is 17.9 Å². The van der Waals surface area contributed by atoms with Crippen molar-refractivity contribution >= 4 is 5.82 Å². The molecule has 0 amide bonds. The molecular weight excluding hydrogens is 230 g/mol. The number of nitrogens with two attached hydrogens (primary N) is 1. The van der Waals surface area contributed by atoms with E-state index in [1.54, 1.807) is 31.2 Å². The Hall–Kier alpha value is -2.65. The number of nitriles is 1. The molecule has 18 heavy (non-hydrogen) atoms. The Morgan fingerprint density at radius 1 is 1.28 bits per heavy atom. The molecule has 1 aromatic carbocycles. The highest BCUT2D eigenvalue weighted by Gasteiger charge is 2.08. The molecule has 0 aliphatic heterocycles. The minimum absolute atomic E-state index is 0.419. The van der Waals surface area contributed by atoms with Crippen LogP contribution in [0.25, 0.3) is 0 Å². The summed E-state index contributed by atoms with van der Waals surface area (Å²) >= 11 is 0. The van der Waals surface area contributed by atoms with Crippen molar-refractivity contribution in [3.63, 3.8) is 0 Å². The summed E-state index contributed by atoms with van der Waals surface area (Å²) in [6.07, 6.45) is 1.36. The lowest BCUT2D eigenvalue weighted by molar-refractivity contribution is 0.457. The highest BCUT2D eigenvalue weighted by Crippen LogP contribution is 2.25. The largest absolute Gasteiger partial charge is 0.439 e. The van der Waals surface area contributed by atoms with Crippen molar-refractivity contribution in [2.75, 3.05) is 5.43 Å². The minimum atomic E-state index is 0.419. The van der Waals surface area contributed by atoms with E-state index in [-0.39, 0.29) is 0 Å². The van der Waals surface area contributed by atoms with Gasteiger partial charge in [-0.2, -0.15) is 5.26 Å². The molecule has 1 heterocycles. The third-order valence-corrected chi connectivity index (χ3v) is 2.37. The van der Waals surface area contributed by atoms with Crippen molar-refractivity contribution in [1.82, 2.24) is 9.97 Å². The van der Waals surface area contributed by atoms with E-state index < -0.39 is 0 Å². The first-order chi connectivity index (χ1) is 8.74. The molecular formula is C12H11N5O. The fourth-order valence-corrected chi connectivity index (χ4v) is 1.39. The Balaban J connectivity index is 2.26. The summed E-state index contributed by atoms with van der Waals surface area (Å²) in [6, 6.07) is 8.80. The minimum Gasteiger partial charge on any atom is -0.439 e. The molecule has 2 rings (SSSR count). The second-order valence-corrected chi connectivity index (χ2v) is 3.54. The SMILES string of the molecule is Cc1c(NN)ncnc1Oc1ccc(C#N)cc1. The van der Waals surface area contributed by atoms with Crippen molar-refractivity contribution in [2.45, 2.75) is 6.92 Å². The molecule has 0 radical (unpaired) electrons. The number of hydrogen-bond donors (Lipinski definition) is 2. The summed E-state index contributed by atoms with van der Waals surface area (Å²) in [5, 5.41) is 8.70. The Morgan fingerprint density at radius 3 is 2.61 bits per heavy atom. The molecule has 0 bridgehead atoms. The first-order valence-corrected chi connectivity index (χ1v) is 5.21. The smallest absolute Gasteiger partial charge is 0.227 e. The van der Waals surface area contributed by atoms with Gasteiger partial charge in [0.15, 0.2) is 0 Å². The number of nitrogens with one attached hydrogen (secondary N) is 1. The summed E-state index contributed by atoms with van der Waals surface area (Å²) in [5.41, 5.74) is 3.75. The number of aromatic nitrogens is 2. The topological polar surface area (TPSA) is 96.8 Å². The first-order valence-electron chi connectivity index (χ1n) is 5.21. The van der Waals surface area contributed by atoms with E-state index in [1.165, 1.54) is 6.33 Å². The highest BCUT2D eigenvalue weighted by molar-refractivity contribution is 5.48. The average molecular weight is 241 g/mol. The van der Waals surface area contributed by atoms with Crippen LogP contribution in [0.3, 0.4) is 0 Å². The molecule has 90 valence electrons. The van der Waals surface area contributed by atoms with Gasteiger partial charge in [0.2, 0.25) is 5.88 Å². The number of rotatable bonds is 3. The molecule has 3 N–H and O–H groups in total. The molecule has 0 fully saturated rings. The molecule has 1 aromatic heterocycles. The number of benzene rings is 1. The van der Waals surface area contributed by atoms with Crippen molar-refractivity contribution < 1.29 is 4.74 Å². The summed E-state index contributed by atoms with van der Waals surface area (Å²) in [7, 11) is 0. The Morgan fingerprint density at radius 2 is 2.00 bits per heavy atom. The quantitative estimate of drug-likeness (QED) is 0.627. The third-order valence-electron chi connectivity index (χ3n) is 2.37. The zero-order chi connectivity index (χ0) is 13.0. The zero-order valence-electron chi connectivity index (χ0n) is 9.71. The Bertz CT molecular complexity index is 588. The number of hydrazine groups is 1. The molecule has 0 aliphatic rings. The van der Waals surface area contributed by atoms with Crippen LogP contribution in [-0.2, 0) is 0 Å². The summed E-state index contributed by atoms with van der Waals surface area (Å²) < 4.78 is 5.60. The van der Waals surface area contributed by atoms with Gasteiger partial charge in [-0.1, -0.05) is 0 Å². The van der Waals surface area contributed by atoms with Gasteiger partial charge in [-0.3, -0.25) is 0 Å². The van der Waals surface area contributed by atoms with Crippen molar-refractivity contribution in [3.8, 4) is 17.7 Å². The number of hydrogen-bond acceptors (Lipinski definition) is 6. The monoisotopic (exact) mass is 241 g/mol. The van der Waals surface area contributed by atoms with Crippen LogP contribution in [0.5, 0.6) is 11.6 Å². The van der Waals surface area contributed by atoms with Crippen LogP contribution < -0.4 is 16.0 Å².